The van der Waals surface area contributed by atoms with Crippen molar-refractivity contribution in [3.8, 4) is 11.5 Å². The maximum absolute atomic E-state index is 12.8. The Labute approximate surface area is 205 Å². The highest BCUT2D eigenvalue weighted by Crippen LogP contribution is 2.41. The molecule has 3 aliphatic heterocycles. The lowest BCUT2D eigenvalue weighted by molar-refractivity contribution is -0.114. The molecule has 184 valence electrons. The molecule has 3 aromatic rings. The van der Waals surface area contributed by atoms with E-state index in [4.69, 9.17) is 9.40 Å². The van der Waals surface area contributed by atoms with Gasteiger partial charge in [0.05, 0.1) is 11.2 Å². The van der Waals surface area contributed by atoms with Gasteiger partial charge in [0.15, 0.2) is 5.76 Å². The molecule has 0 radical (unpaired) electrons. The van der Waals surface area contributed by atoms with Crippen molar-refractivity contribution in [3.63, 3.8) is 0 Å². The molecule has 5 heterocycles. The number of hydrogen-bond acceptors (Lipinski definition) is 7. The summed E-state index contributed by atoms with van der Waals surface area (Å²) in [6, 6.07) is 12.1. The normalized spacial score (nSPS) is 23.8. The van der Waals surface area contributed by atoms with Crippen LogP contribution in [0.4, 0.5) is 5.69 Å². The van der Waals surface area contributed by atoms with E-state index in [9.17, 15) is 13.2 Å². The van der Waals surface area contributed by atoms with Crippen molar-refractivity contribution in [2.75, 3.05) is 25.0 Å². The number of nitrogens with zero attached hydrogens (tertiary/aromatic N) is 3. The van der Waals surface area contributed by atoms with Crippen molar-refractivity contribution in [1.82, 2.24) is 19.6 Å². The van der Waals surface area contributed by atoms with Gasteiger partial charge >= 0.3 is 0 Å². The standard InChI is InChI=1S/C25H29N5O4S/c1-16-27-23(13-24(28-16)25-4-3-11-34-25)22-15-30-10-9-18(22)12-20(30)14-26-35(32,33)21-7-5-19(6-8-21)29-17(2)31/h3-8,11,13,18,20,22,26H,9-10,12,14-15H2,1-2H3,(H,29,31). The molecule has 4 atom stereocenters. The third kappa shape index (κ3) is 5.14. The van der Waals surface area contributed by atoms with E-state index in [-0.39, 0.29) is 22.8 Å². The molecule has 2 N–H and O–H groups in total. The highest BCUT2D eigenvalue weighted by Gasteiger charge is 2.41. The van der Waals surface area contributed by atoms with E-state index in [1.807, 2.05) is 25.1 Å². The fourth-order valence-corrected chi connectivity index (χ4v) is 6.30. The molecule has 0 spiro atoms. The van der Waals surface area contributed by atoms with Crippen molar-refractivity contribution < 1.29 is 17.6 Å². The van der Waals surface area contributed by atoms with Crippen LogP contribution in [-0.4, -0.2) is 54.9 Å². The Morgan fingerprint density at radius 2 is 2.00 bits per heavy atom. The van der Waals surface area contributed by atoms with Crippen LogP contribution in [0.3, 0.4) is 0 Å². The minimum Gasteiger partial charge on any atom is -0.463 e. The second kappa shape index (κ2) is 9.52. The highest BCUT2D eigenvalue weighted by molar-refractivity contribution is 7.89. The van der Waals surface area contributed by atoms with Crippen LogP contribution in [0.25, 0.3) is 11.5 Å². The minimum absolute atomic E-state index is 0.144. The zero-order valence-corrected chi connectivity index (χ0v) is 20.6. The number of sulfonamides is 1. The molecule has 1 amide bonds. The number of aromatic nitrogens is 2. The summed E-state index contributed by atoms with van der Waals surface area (Å²) in [7, 11) is -3.64. The summed E-state index contributed by atoms with van der Waals surface area (Å²) in [4.78, 5) is 23.0. The number of rotatable bonds is 7. The summed E-state index contributed by atoms with van der Waals surface area (Å²) in [5.41, 5.74) is 2.38. The molecule has 3 fully saturated rings. The number of carbonyl (C=O) groups is 1. The molecule has 9 nitrogen and oxygen atoms in total. The van der Waals surface area contributed by atoms with E-state index < -0.39 is 10.0 Å². The van der Waals surface area contributed by atoms with Gasteiger partial charge in [-0.05, 0) is 74.7 Å². The number of nitrogens with one attached hydrogen (secondary N) is 2. The molecule has 35 heavy (non-hydrogen) atoms. The summed E-state index contributed by atoms with van der Waals surface area (Å²) >= 11 is 0. The first-order valence-corrected chi connectivity index (χ1v) is 13.3. The van der Waals surface area contributed by atoms with Crippen LogP contribution in [0.1, 0.15) is 37.2 Å². The number of amides is 1. The molecule has 10 heteroatoms. The quantitative estimate of drug-likeness (QED) is 0.517. The molecule has 0 saturated carbocycles. The first-order valence-electron chi connectivity index (χ1n) is 11.8. The van der Waals surface area contributed by atoms with Crippen LogP contribution in [0.2, 0.25) is 0 Å². The molecule has 3 saturated heterocycles. The lowest BCUT2D eigenvalue weighted by Gasteiger charge is -2.49. The Morgan fingerprint density at radius 1 is 1.20 bits per heavy atom. The van der Waals surface area contributed by atoms with Crippen molar-refractivity contribution >= 4 is 21.6 Å². The Balaban J connectivity index is 1.25. The maximum Gasteiger partial charge on any atom is 0.240 e. The predicted octanol–water partition coefficient (Wildman–Crippen LogP) is 3.16. The summed E-state index contributed by atoms with van der Waals surface area (Å²) in [5.74, 6) is 1.97. The number of aryl methyl sites for hydroxylation is 1. The van der Waals surface area contributed by atoms with Crippen molar-refractivity contribution in [3.05, 3.63) is 60.2 Å². The zero-order chi connectivity index (χ0) is 24.6. The number of hydrogen-bond donors (Lipinski definition) is 2. The fraction of sp³-hybridized carbons (Fsp3) is 0.400. The van der Waals surface area contributed by atoms with Gasteiger partial charge in [-0.2, -0.15) is 0 Å². The fourth-order valence-electron chi connectivity index (χ4n) is 5.23. The molecule has 0 aliphatic carbocycles. The van der Waals surface area contributed by atoms with Gasteiger partial charge < -0.3 is 9.73 Å². The Hall–Kier alpha value is -3.08. The monoisotopic (exact) mass is 495 g/mol. The third-order valence-electron chi connectivity index (χ3n) is 6.88. The SMILES string of the molecule is CC(=O)Nc1ccc(S(=O)(=O)NCC2CC3CCN2CC3c2cc(-c3ccco3)nc(C)n2)cc1. The molecule has 3 aliphatic rings. The Kier molecular flexibility index (Phi) is 6.43. The van der Waals surface area contributed by atoms with Gasteiger partial charge in [-0.1, -0.05) is 0 Å². The van der Waals surface area contributed by atoms with Crippen molar-refractivity contribution in [2.45, 2.75) is 43.5 Å². The Bertz CT molecular complexity index is 1310. The highest BCUT2D eigenvalue weighted by atomic mass is 32.2. The van der Waals surface area contributed by atoms with Crippen molar-refractivity contribution in [2.24, 2.45) is 5.92 Å². The topological polar surface area (TPSA) is 117 Å². The number of benzene rings is 1. The molecular formula is C25H29N5O4S. The lowest BCUT2D eigenvalue weighted by atomic mass is 9.74. The average Bonchev–Trinajstić information content (AvgIpc) is 3.38. The molecule has 4 unspecified atom stereocenters. The minimum atomic E-state index is -3.64. The lowest BCUT2D eigenvalue weighted by Crippen LogP contribution is -2.56. The van der Waals surface area contributed by atoms with Gasteiger partial charge in [0.1, 0.15) is 11.5 Å². The van der Waals surface area contributed by atoms with Crippen LogP contribution in [0.15, 0.2) is 58.0 Å². The second-order valence-corrected chi connectivity index (χ2v) is 11.1. The van der Waals surface area contributed by atoms with E-state index in [0.29, 0.717) is 18.2 Å². The van der Waals surface area contributed by atoms with Gasteiger partial charge in [0.2, 0.25) is 15.9 Å². The first kappa shape index (κ1) is 23.7. The second-order valence-electron chi connectivity index (χ2n) is 9.30. The number of anilines is 1. The van der Waals surface area contributed by atoms with Crippen LogP contribution in [0, 0.1) is 12.8 Å². The van der Waals surface area contributed by atoms with Gasteiger partial charge in [-0.15, -0.1) is 0 Å². The molecule has 1 aromatic carbocycles. The van der Waals surface area contributed by atoms with E-state index in [1.165, 1.54) is 19.1 Å². The van der Waals surface area contributed by atoms with E-state index in [1.54, 1.807) is 18.4 Å². The summed E-state index contributed by atoms with van der Waals surface area (Å²) in [5, 5.41) is 2.64. The molecule has 2 bridgehead atoms. The zero-order valence-electron chi connectivity index (χ0n) is 19.8. The van der Waals surface area contributed by atoms with Crippen LogP contribution < -0.4 is 10.0 Å². The molecular weight excluding hydrogens is 466 g/mol. The number of piperidine rings is 3. The summed E-state index contributed by atoms with van der Waals surface area (Å²) in [6.07, 6.45) is 3.62. The smallest absolute Gasteiger partial charge is 0.240 e. The van der Waals surface area contributed by atoms with Crippen LogP contribution in [-0.2, 0) is 14.8 Å². The van der Waals surface area contributed by atoms with Gasteiger partial charge in [-0.3, -0.25) is 9.69 Å². The molecule has 2 aromatic heterocycles. The van der Waals surface area contributed by atoms with Crippen LogP contribution >= 0.6 is 0 Å². The molecule has 6 rings (SSSR count). The van der Waals surface area contributed by atoms with Gasteiger partial charge in [0.25, 0.3) is 0 Å². The van der Waals surface area contributed by atoms with Crippen molar-refractivity contribution in [1.29, 1.82) is 0 Å². The maximum atomic E-state index is 12.8. The number of fused-ring (bicyclic) bond motifs is 3. The summed E-state index contributed by atoms with van der Waals surface area (Å²) < 4.78 is 34.0. The number of furan rings is 1. The summed E-state index contributed by atoms with van der Waals surface area (Å²) in [6.45, 7) is 5.47. The van der Waals surface area contributed by atoms with E-state index in [0.717, 1.165) is 48.9 Å². The average molecular weight is 496 g/mol. The van der Waals surface area contributed by atoms with Gasteiger partial charge in [-0.25, -0.2) is 23.1 Å². The predicted molar refractivity (Wildman–Crippen MR) is 131 cm³/mol. The Morgan fingerprint density at radius 3 is 2.66 bits per heavy atom. The third-order valence-corrected chi connectivity index (χ3v) is 8.32. The largest absolute Gasteiger partial charge is 0.463 e. The van der Waals surface area contributed by atoms with Crippen LogP contribution in [0.5, 0.6) is 0 Å². The first-order chi connectivity index (χ1) is 16.8. The van der Waals surface area contributed by atoms with Gasteiger partial charge in [0, 0.05) is 43.4 Å². The number of carbonyl (C=O) groups excluding carboxylic acids is 1. The van der Waals surface area contributed by atoms with E-state index in [2.05, 4.69) is 19.9 Å². The van der Waals surface area contributed by atoms with E-state index >= 15 is 0 Å².